The minimum atomic E-state index is -4.47. The van der Waals surface area contributed by atoms with Gasteiger partial charge in [-0.05, 0) is 29.7 Å². The van der Waals surface area contributed by atoms with Crippen molar-refractivity contribution in [2.24, 2.45) is 0 Å². The van der Waals surface area contributed by atoms with Crippen LogP contribution in [0.2, 0.25) is 0 Å². The van der Waals surface area contributed by atoms with Crippen LogP contribution in [0.5, 0.6) is 0 Å². The fourth-order valence-electron chi connectivity index (χ4n) is 1.98. The summed E-state index contributed by atoms with van der Waals surface area (Å²) in [5.41, 5.74) is -1.63. The van der Waals surface area contributed by atoms with E-state index in [4.69, 9.17) is 5.11 Å². The van der Waals surface area contributed by atoms with E-state index >= 15 is 0 Å². The molecule has 4 nitrogen and oxygen atoms in total. The van der Waals surface area contributed by atoms with Crippen LogP contribution in [-0.2, 0) is 12.6 Å². The molecule has 0 fully saturated rings. The third-order valence-corrected chi connectivity index (χ3v) is 2.91. The minimum absolute atomic E-state index is 0.0739. The summed E-state index contributed by atoms with van der Waals surface area (Å²) in [6.45, 7) is 0. The van der Waals surface area contributed by atoms with Crippen LogP contribution < -0.4 is 5.56 Å². The summed E-state index contributed by atoms with van der Waals surface area (Å²) >= 11 is 0. The van der Waals surface area contributed by atoms with Crippen LogP contribution in [0.4, 0.5) is 13.2 Å². The second-order valence-electron chi connectivity index (χ2n) is 4.39. The minimum Gasteiger partial charge on any atom is -0.477 e. The number of aromatic nitrogens is 1. The normalized spacial score (nSPS) is 11.4. The van der Waals surface area contributed by atoms with Gasteiger partial charge in [-0.2, -0.15) is 13.2 Å². The highest BCUT2D eigenvalue weighted by atomic mass is 19.4. The second-order valence-corrected chi connectivity index (χ2v) is 4.39. The van der Waals surface area contributed by atoms with E-state index in [0.29, 0.717) is 0 Å². The van der Waals surface area contributed by atoms with Crippen molar-refractivity contribution in [3.8, 4) is 0 Å². The number of aromatic amines is 1. The number of benzene rings is 1. The molecule has 0 unspecified atom stereocenters. The van der Waals surface area contributed by atoms with Crippen LogP contribution in [0, 0.1) is 0 Å². The second kappa shape index (κ2) is 5.43. The number of alkyl halides is 3. The molecule has 0 atom stereocenters. The summed E-state index contributed by atoms with van der Waals surface area (Å²) in [6.07, 6.45) is -3.28. The molecule has 0 aliphatic heterocycles. The van der Waals surface area contributed by atoms with Gasteiger partial charge in [0.1, 0.15) is 5.56 Å². The van der Waals surface area contributed by atoms with Crippen molar-refractivity contribution in [1.82, 2.24) is 4.98 Å². The van der Waals surface area contributed by atoms with Gasteiger partial charge < -0.3 is 10.1 Å². The number of rotatable bonds is 3. The maximum atomic E-state index is 12.6. The van der Waals surface area contributed by atoms with Crippen LogP contribution in [0.1, 0.15) is 27.0 Å². The average molecular weight is 297 g/mol. The molecular formula is C14H10F3NO3. The van der Waals surface area contributed by atoms with E-state index in [9.17, 15) is 22.8 Å². The summed E-state index contributed by atoms with van der Waals surface area (Å²) in [5.74, 6) is -1.42. The van der Waals surface area contributed by atoms with E-state index in [1.54, 1.807) is 0 Å². The molecular weight excluding hydrogens is 287 g/mol. The number of pyridine rings is 1. The Morgan fingerprint density at radius 3 is 2.57 bits per heavy atom. The number of nitrogens with one attached hydrogen (secondary N) is 1. The maximum Gasteiger partial charge on any atom is 0.416 e. The van der Waals surface area contributed by atoms with Crippen molar-refractivity contribution in [2.75, 3.05) is 0 Å². The molecule has 0 saturated carbocycles. The SMILES string of the molecule is O=C(O)c1c(Cc2cccc(C(F)(F)F)c2)cc[nH]c1=O. The van der Waals surface area contributed by atoms with Gasteiger partial charge in [-0.15, -0.1) is 0 Å². The molecule has 1 aromatic heterocycles. The van der Waals surface area contributed by atoms with Crippen molar-refractivity contribution < 1.29 is 23.1 Å². The van der Waals surface area contributed by atoms with Crippen LogP contribution in [-0.4, -0.2) is 16.1 Å². The number of carboxylic acids is 1. The standard InChI is InChI=1S/C14H10F3NO3/c15-14(16,17)10-3-1-2-8(7-10)6-9-4-5-18-12(19)11(9)13(20)21/h1-5,7H,6H2,(H,18,19)(H,20,21). The topological polar surface area (TPSA) is 70.2 Å². The zero-order valence-electron chi connectivity index (χ0n) is 10.6. The lowest BCUT2D eigenvalue weighted by atomic mass is 10.00. The summed E-state index contributed by atoms with van der Waals surface area (Å²) < 4.78 is 37.9. The summed E-state index contributed by atoms with van der Waals surface area (Å²) in [7, 11) is 0. The first kappa shape index (κ1) is 14.8. The zero-order valence-corrected chi connectivity index (χ0v) is 10.6. The Bertz CT molecular complexity index is 735. The Morgan fingerprint density at radius 2 is 1.95 bits per heavy atom. The largest absolute Gasteiger partial charge is 0.477 e. The molecule has 7 heteroatoms. The third kappa shape index (κ3) is 3.31. The van der Waals surface area contributed by atoms with E-state index in [1.807, 2.05) is 0 Å². The molecule has 1 heterocycles. The Hall–Kier alpha value is -2.57. The zero-order chi connectivity index (χ0) is 15.6. The number of H-pyrrole nitrogens is 1. The van der Waals surface area contributed by atoms with Gasteiger partial charge >= 0.3 is 12.1 Å². The molecule has 21 heavy (non-hydrogen) atoms. The van der Waals surface area contributed by atoms with Crippen molar-refractivity contribution in [3.63, 3.8) is 0 Å². The van der Waals surface area contributed by atoms with E-state index in [2.05, 4.69) is 4.98 Å². The van der Waals surface area contributed by atoms with Gasteiger partial charge in [-0.1, -0.05) is 18.2 Å². The molecule has 1 aromatic carbocycles. The molecule has 110 valence electrons. The van der Waals surface area contributed by atoms with Crippen LogP contribution in [0.25, 0.3) is 0 Å². The average Bonchev–Trinajstić information content (AvgIpc) is 2.37. The van der Waals surface area contributed by atoms with Crippen molar-refractivity contribution in [2.45, 2.75) is 12.6 Å². The molecule has 2 N–H and O–H groups in total. The lowest BCUT2D eigenvalue weighted by Gasteiger charge is -2.09. The van der Waals surface area contributed by atoms with Crippen LogP contribution in [0.3, 0.4) is 0 Å². The number of carboxylic acid groups (broad SMARTS) is 1. The van der Waals surface area contributed by atoms with E-state index < -0.39 is 28.8 Å². The van der Waals surface area contributed by atoms with E-state index in [0.717, 1.165) is 12.1 Å². The number of hydrogen-bond acceptors (Lipinski definition) is 2. The summed E-state index contributed by atoms with van der Waals surface area (Å²) in [5, 5.41) is 9.01. The predicted molar refractivity (Wildman–Crippen MR) is 68.3 cm³/mol. The van der Waals surface area contributed by atoms with Crippen LogP contribution >= 0.6 is 0 Å². The smallest absolute Gasteiger partial charge is 0.416 e. The first-order valence-electron chi connectivity index (χ1n) is 5.89. The van der Waals surface area contributed by atoms with Crippen molar-refractivity contribution in [1.29, 1.82) is 0 Å². The van der Waals surface area contributed by atoms with E-state index in [1.165, 1.54) is 24.4 Å². The van der Waals surface area contributed by atoms with Crippen molar-refractivity contribution in [3.05, 3.63) is 69.1 Å². The fourth-order valence-corrected chi connectivity index (χ4v) is 1.98. The quantitative estimate of drug-likeness (QED) is 0.915. The lowest BCUT2D eigenvalue weighted by Crippen LogP contribution is -2.20. The molecule has 0 saturated heterocycles. The monoisotopic (exact) mass is 297 g/mol. The van der Waals surface area contributed by atoms with E-state index in [-0.39, 0.29) is 17.5 Å². The number of hydrogen-bond donors (Lipinski definition) is 2. The lowest BCUT2D eigenvalue weighted by molar-refractivity contribution is -0.137. The van der Waals surface area contributed by atoms with Crippen molar-refractivity contribution >= 4 is 5.97 Å². The third-order valence-electron chi connectivity index (χ3n) is 2.91. The molecule has 0 bridgehead atoms. The van der Waals surface area contributed by atoms with Gasteiger partial charge in [0.2, 0.25) is 0 Å². The van der Waals surface area contributed by atoms with Crippen LogP contribution in [0.15, 0.2) is 41.3 Å². The Morgan fingerprint density at radius 1 is 1.24 bits per heavy atom. The molecule has 0 amide bonds. The van der Waals surface area contributed by atoms with Gasteiger partial charge in [-0.3, -0.25) is 4.79 Å². The first-order chi connectivity index (χ1) is 9.79. The predicted octanol–water partition coefficient (Wildman–Crippen LogP) is 2.68. The first-order valence-corrected chi connectivity index (χ1v) is 5.89. The summed E-state index contributed by atoms with van der Waals surface area (Å²) in [6, 6.07) is 5.92. The molecule has 0 spiro atoms. The highest BCUT2D eigenvalue weighted by Gasteiger charge is 2.30. The maximum absolute atomic E-state index is 12.6. The molecule has 2 aromatic rings. The van der Waals surface area contributed by atoms with Gasteiger partial charge in [-0.25, -0.2) is 4.79 Å². The van der Waals surface area contributed by atoms with Gasteiger partial charge in [0.05, 0.1) is 5.56 Å². The number of halogens is 3. The van der Waals surface area contributed by atoms with Gasteiger partial charge in [0.25, 0.3) is 5.56 Å². The molecule has 0 radical (unpaired) electrons. The fraction of sp³-hybridized carbons (Fsp3) is 0.143. The Balaban J connectivity index is 2.42. The van der Waals surface area contributed by atoms with Gasteiger partial charge in [0, 0.05) is 6.20 Å². The Kier molecular flexibility index (Phi) is 3.84. The molecule has 2 rings (SSSR count). The number of aromatic carboxylic acids is 1. The van der Waals surface area contributed by atoms with Gasteiger partial charge in [0.15, 0.2) is 0 Å². The summed E-state index contributed by atoms with van der Waals surface area (Å²) in [4.78, 5) is 24.8. The molecule has 0 aliphatic rings. The highest BCUT2D eigenvalue weighted by molar-refractivity contribution is 5.89. The highest BCUT2D eigenvalue weighted by Crippen LogP contribution is 2.30. The Labute approximate surface area is 116 Å². The number of carbonyl (C=O) groups is 1. The molecule has 0 aliphatic carbocycles.